The second-order valence-electron chi connectivity index (χ2n) is 6.02. The van der Waals surface area contributed by atoms with Gasteiger partial charge in [-0.2, -0.15) is 0 Å². The molecule has 0 aliphatic heterocycles. The van der Waals surface area contributed by atoms with Crippen molar-refractivity contribution in [3.8, 4) is 16.9 Å². The van der Waals surface area contributed by atoms with Crippen molar-refractivity contribution in [3.63, 3.8) is 0 Å². The molecule has 106 valence electrons. The van der Waals surface area contributed by atoms with Crippen LogP contribution in [-0.2, 0) is 12.0 Å². The molecule has 0 radical (unpaired) electrons. The van der Waals surface area contributed by atoms with Crippen LogP contribution in [0.2, 0.25) is 0 Å². The Morgan fingerprint density at radius 1 is 1.00 bits per heavy atom. The van der Waals surface area contributed by atoms with Crippen molar-refractivity contribution in [2.75, 3.05) is 7.11 Å². The molecular formula is C18H22O2. The van der Waals surface area contributed by atoms with E-state index in [1.807, 2.05) is 18.2 Å². The van der Waals surface area contributed by atoms with Crippen molar-refractivity contribution >= 4 is 0 Å². The zero-order chi connectivity index (χ0) is 14.8. The van der Waals surface area contributed by atoms with Gasteiger partial charge in [-0.15, -0.1) is 0 Å². The first-order chi connectivity index (χ1) is 9.45. The molecule has 2 aromatic rings. The fraction of sp³-hybridized carbons (Fsp3) is 0.333. The number of hydrogen-bond donors (Lipinski definition) is 1. The van der Waals surface area contributed by atoms with E-state index in [-0.39, 0.29) is 12.0 Å². The summed E-state index contributed by atoms with van der Waals surface area (Å²) in [4.78, 5) is 0. The summed E-state index contributed by atoms with van der Waals surface area (Å²) < 4.78 is 5.42. The third-order valence-corrected chi connectivity index (χ3v) is 3.51. The number of aliphatic hydroxyl groups excluding tert-OH is 1. The molecular weight excluding hydrogens is 248 g/mol. The lowest BCUT2D eigenvalue weighted by molar-refractivity contribution is 0.281. The molecule has 2 rings (SSSR count). The SMILES string of the molecule is COc1ccc(CO)cc1-c1ccc(C(C)(C)C)cc1. The molecule has 0 unspecified atom stereocenters. The molecule has 0 heterocycles. The summed E-state index contributed by atoms with van der Waals surface area (Å²) in [6.45, 7) is 6.65. The lowest BCUT2D eigenvalue weighted by Crippen LogP contribution is -2.10. The van der Waals surface area contributed by atoms with Gasteiger partial charge in [0.2, 0.25) is 0 Å². The van der Waals surface area contributed by atoms with E-state index in [1.54, 1.807) is 7.11 Å². The van der Waals surface area contributed by atoms with Gasteiger partial charge in [0.15, 0.2) is 0 Å². The summed E-state index contributed by atoms with van der Waals surface area (Å²) in [5, 5.41) is 9.28. The maximum Gasteiger partial charge on any atom is 0.126 e. The minimum absolute atomic E-state index is 0.0388. The summed E-state index contributed by atoms with van der Waals surface area (Å²) in [5.74, 6) is 0.825. The van der Waals surface area contributed by atoms with Crippen LogP contribution >= 0.6 is 0 Å². The second kappa shape index (κ2) is 5.68. The third kappa shape index (κ3) is 3.02. The zero-order valence-electron chi connectivity index (χ0n) is 12.6. The van der Waals surface area contributed by atoms with Gasteiger partial charge in [0.05, 0.1) is 13.7 Å². The van der Waals surface area contributed by atoms with E-state index < -0.39 is 0 Å². The first-order valence-electron chi connectivity index (χ1n) is 6.84. The highest BCUT2D eigenvalue weighted by atomic mass is 16.5. The lowest BCUT2D eigenvalue weighted by atomic mass is 9.86. The average Bonchev–Trinajstić information content (AvgIpc) is 2.45. The summed E-state index contributed by atoms with van der Waals surface area (Å²) in [7, 11) is 1.67. The smallest absolute Gasteiger partial charge is 0.126 e. The second-order valence-corrected chi connectivity index (χ2v) is 6.02. The van der Waals surface area contributed by atoms with E-state index >= 15 is 0 Å². The first kappa shape index (κ1) is 14.6. The van der Waals surface area contributed by atoms with E-state index in [0.29, 0.717) is 0 Å². The molecule has 0 aliphatic carbocycles. The molecule has 2 aromatic carbocycles. The number of rotatable bonds is 3. The van der Waals surface area contributed by atoms with Crippen LogP contribution in [0.5, 0.6) is 5.75 Å². The normalized spacial score (nSPS) is 11.4. The van der Waals surface area contributed by atoms with Gasteiger partial charge in [0.25, 0.3) is 0 Å². The van der Waals surface area contributed by atoms with E-state index in [2.05, 4.69) is 45.0 Å². The maximum atomic E-state index is 9.28. The van der Waals surface area contributed by atoms with Gasteiger partial charge in [-0.1, -0.05) is 51.1 Å². The summed E-state index contributed by atoms with van der Waals surface area (Å²) in [5.41, 5.74) is 4.46. The Hall–Kier alpha value is -1.80. The molecule has 0 fully saturated rings. The van der Waals surface area contributed by atoms with Gasteiger partial charge in [0.1, 0.15) is 5.75 Å². The fourth-order valence-electron chi connectivity index (χ4n) is 2.23. The minimum Gasteiger partial charge on any atom is -0.496 e. The Kier molecular flexibility index (Phi) is 4.15. The van der Waals surface area contributed by atoms with Crippen molar-refractivity contribution < 1.29 is 9.84 Å². The average molecular weight is 270 g/mol. The Balaban J connectivity index is 2.45. The highest BCUT2D eigenvalue weighted by Crippen LogP contribution is 2.32. The predicted molar refractivity (Wildman–Crippen MR) is 83.1 cm³/mol. The van der Waals surface area contributed by atoms with Gasteiger partial charge in [-0.3, -0.25) is 0 Å². The number of ether oxygens (including phenoxy) is 1. The number of aliphatic hydroxyl groups is 1. The van der Waals surface area contributed by atoms with Crippen molar-refractivity contribution in [2.24, 2.45) is 0 Å². The van der Waals surface area contributed by atoms with Gasteiger partial charge >= 0.3 is 0 Å². The molecule has 2 nitrogen and oxygen atoms in total. The van der Waals surface area contributed by atoms with Gasteiger partial charge in [0, 0.05) is 5.56 Å². The monoisotopic (exact) mass is 270 g/mol. The van der Waals surface area contributed by atoms with Gasteiger partial charge in [-0.25, -0.2) is 0 Å². The molecule has 0 amide bonds. The van der Waals surface area contributed by atoms with Gasteiger partial charge < -0.3 is 9.84 Å². The molecule has 0 atom stereocenters. The molecule has 2 heteroatoms. The van der Waals surface area contributed by atoms with Crippen LogP contribution < -0.4 is 4.74 Å². The molecule has 20 heavy (non-hydrogen) atoms. The Labute approximate surface area is 121 Å². The highest BCUT2D eigenvalue weighted by Gasteiger charge is 2.14. The largest absolute Gasteiger partial charge is 0.496 e. The Morgan fingerprint density at radius 3 is 2.15 bits per heavy atom. The molecule has 0 saturated carbocycles. The van der Waals surface area contributed by atoms with E-state index in [4.69, 9.17) is 4.74 Å². The molecule has 0 bridgehead atoms. The molecule has 1 N–H and O–H groups in total. The number of methoxy groups -OCH3 is 1. The van der Waals surface area contributed by atoms with Crippen molar-refractivity contribution in [1.82, 2.24) is 0 Å². The van der Waals surface area contributed by atoms with Crippen LogP contribution in [-0.4, -0.2) is 12.2 Å². The van der Waals surface area contributed by atoms with Crippen LogP contribution in [0.3, 0.4) is 0 Å². The standard InChI is InChI=1S/C18H22O2/c1-18(2,3)15-8-6-14(7-9-15)16-11-13(12-19)5-10-17(16)20-4/h5-11,19H,12H2,1-4H3. The molecule has 0 aliphatic rings. The first-order valence-corrected chi connectivity index (χ1v) is 6.84. The summed E-state index contributed by atoms with van der Waals surface area (Å²) in [6, 6.07) is 14.3. The topological polar surface area (TPSA) is 29.5 Å². The van der Waals surface area contributed by atoms with Crippen LogP contribution in [0.4, 0.5) is 0 Å². The molecule has 0 saturated heterocycles. The summed E-state index contributed by atoms with van der Waals surface area (Å²) >= 11 is 0. The van der Waals surface area contributed by atoms with Crippen molar-refractivity contribution in [1.29, 1.82) is 0 Å². The quantitative estimate of drug-likeness (QED) is 0.907. The predicted octanol–water partition coefficient (Wildman–Crippen LogP) is 4.15. The molecule has 0 spiro atoms. The van der Waals surface area contributed by atoms with Gasteiger partial charge in [-0.05, 0) is 34.2 Å². The number of hydrogen-bond acceptors (Lipinski definition) is 2. The zero-order valence-corrected chi connectivity index (χ0v) is 12.6. The van der Waals surface area contributed by atoms with Crippen LogP contribution in [0, 0.1) is 0 Å². The minimum atomic E-state index is 0.0388. The highest BCUT2D eigenvalue weighted by molar-refractivity contribution is 5.71. The fourth-order valence-corrected chi connectivity index (χ4v) is 2.23. The van der Waals surface area contributed by atoms with E-state index in [1.165, 1.54) is 5.56 Å². The molecule has 0 aromatic heterocycles. The van der Waals surface area contributed by atoms with Crippen LogP contribution in [0.25, 0.3) is 11.1 Å². The van der Waals surface area contributed by atoms with Crippen molar-refractivity contribution in [2.45, 2.75) is 32.8 Å². The van der Waals surface area contributed by atoms with Crippen molar-refractivity contribution in [3.05, 3.63) is 53.6 Å². The Morgan fingerprint density at radius 2 is 1.65 bits per heavy atom. The maximum absolute atomic E-state index is 9.28. The summed E-state index contributed by atoms with van der Waals surface area (Å²) in [6.07, 6.45) is 0. The van der Waals surface area contributed by atoms with E-state index in [9.17, 15) is 5.11 Å². The lowest BCUT2D eigenvalue weighted by Gasteiger charge is -2.19. The van der Waals surface area contributed by atoms with Crippen LogP contribution in [0.1, 0.15) is 31.9 Å². The third-order valence-electron chi connectivity index (χ3n) is 3.51. The number of benzene rings is 2. The van der Waals surface area contributed by atoms with Crippen LogP contribution in [0.15, 0.2) is 42.5 Å². The Bertz CT molecular complexity index is 577. The van der Waals surface area contributed by atoms with E-state index in [0.717, 1.165) is 22.4 Å².